The van der Waals surface area contributed by atoms with Crippen LogP contribution in [-0.2, 0) is 4.79 Å². The molecule has 0 heterocycles. The van der Waals surface area contributed by atoms with Gasteiger partial charge >= 0.3 is 6.03 Å². The summed E-state index contributed by atoms with van der Waals surface area (Å²) < 4.78 is 0. The molecular weight excluding hydrogens is 218 g/mol. The molecule has 0 aromatic heterocycles. The smallest absolute Gasteiger partial charge is 0.316 e. The minimum atomic E-state index is -0.573. The molecule has 0 atom stereocenters. The fraction of sp³-hybridized carbons (Fsp3) is 0.500. The zero-order valence-corrected chi connectivity index (χ0v) is 11.2. The maximum atomic E-state index is 10.8. The van der Waals surface area contributed by atoms with Crippen LogP contribution in [0.1, 0.15) is 27.2 Å². The van der Waals surface area contributed by atoms with Gasteiger partial charge in [-0.3, -0.25) is 4.79 Å². The van der Waals surface area contributed by atoms with Crippen LogP contribution < -0.4 is 11.1 Å². The van der Waals surface area contributed by atoms with Crippen LogP contribution in [0.3, 0.4) is 0 Å². The van der Waals surface area contributed by atoms with E-state index in [4.69, 9.17) is 5.73 Å². The van der Waals surface area contributed by atoms with E-state index in [0.717, 1.165) is 0 Å². The average molecular weight is 243 g/mol. The van der Waals surface area contributed by atoms with E-state index in [2.05, 4.69) is 25.1 Å². The highest BCUT2D eigenvalue weighted by Gasteiger charge is 2.07. The lowest BCUT2D eigenvalue weighted by atomic mass is 10.4. The van der Waals surface area contributed by atoms with Crippen LogP contribution in [0.5, 0.6) is 0 Å². The van der Waals surface area contributed by atoms with Crippen LogP contribution in [0.15, 0.2) is 25.8 Å². The van der Waals surface area contributed by atoms with Crippen LogP contribution in [0, 0.1) is 0 Å². The van der Waals surface area contributed by atoms with E-state index in [1.54, 1.807) is 13.0 Å². The number of carbonyl (C=O) groups is 2. The Labute approximate surface area is 104 Å². The molecule has 0 spiro atoms. The van der Waals surface area contributed by atoms with E-state index < -0.39 is 6.03 Å². The molecule has 0 radical (unpaired) electrons. The predicted octanol–water partition coefficient (Wildman–Crippen LogP) is 1.87. The van der Waals surface area contributed by atoms with Crippen molar-refractivity contribution in [3.05, 3.63) is 25.8 Å². The fourth-order valence-electron chi connectivity index (χ4n) is 0.697. The zero-order chi connectivity index (χ0) is 14.3. The summed E-state index contributed by atoms with van der Waals surface area (Å²) in [4.78, 5) is 22.8. The third-order valence-corrected chi connectivity index (χ3v) is 1.45. The largest absolute Gasteiger partial charge is 0.351 e. The van der Waals surface area contributed by atoms with Crippen LogP contribution in [-0.4, -0.2) is 30.1 Å². The molecule has 0 bridgehead atoms. The van der Waals surface area contributed by atoms with Gasteiger partial charge in [-0.15, -0.1) is 19.7 Å². The van der Waals surface area contributed by atoms with Gasteiger partial charge in [-0.25, -0.2) is 4.79 Å². The van der Waals surface area contributed by atoms with Crippen LogP contribution >= 0.6 is 0 Å². The average Bonchev–Trinajstić information content (AvgIpc) is 2.38. The lowest BCUT2D eigenvalue weighted by molar-refractivity contribution is -0.121. The van der Waals surface area contributed by atoms with Crippen molar-refractivity contribution in [2.45, 2.75) is 27.2 Å². The van der Waals surface area contributed by atoms with Crippen LogP contribution in [0.2, 0.25) is 0 Å². The number of hydrogen-bond donors (Lipinski definition) is 2. The molecule has 0 aromatic rings. The van der Waals surface area contributed by atoms with Crippen molar-refractivity contribution in [2.24, 2.45) is 5.73 Å². The lowest BCUT2D eigenvalue weighted by Gasteiger charge is -2.18. The standard InChI is InChI=1S/C8H15N3O2.C2H6.C2H4/c1-3-5-11(8(9)13)6-10-7(12)4-2;2*1-2/h3H,1,4-6H2,2H3,(H2,9,13)(H,10,12);1-2H3;1-2H2. The number of hydrogen-bond acceptors (Lipinski definition) is 2. The third kappa shape index (κ3) is 14.2. The summed E-state index contributed by atoms with van der Waals surface area (Å²) in [6.45, 7) is 15.7. The van der Waals surface area contributed by atoms with E-state index in [-0.39, 0.29) is 12.6 Å². The number of amides is 3. The number of urea groups is 1. The molecule has 5 nitrogen and oxygen atoms in total. The Bertz CT molecular complexity index is 218. The van der Waals surface area contributed by atoms with Gasteiger partial charge < -0.3 is 16.0 Å². The summed E-state index contributed by atoms with van der Waals surface area (Å²) in [5.41, 5.74) is 5.04. The summed E-state index contributed by atoms with van der Waals surface area (Å²) in [5.74, 6) is -0.115. The van der Waals surface area contributed by atoms with Crippen molar-refractivity contribution in [1.82, 2.24) is 10.2 Å². The molecule has 0 saturated heterocycles. The SMILES string of the molecule is C=C.C=CCN(CNC(=O)CC)C(N)=O.CC. The summed E-state index contributed by atoms with van der Waals surface area (Å²) in [7, 11) is 0. The van der Waals surface area contributed by atoms with Crippen molar-refractivity contribution < 1.29 is 9.59 Å². The number of nitrogens with zero attached hydrogens (tertiary/aromatic N) is 1. The monoisotopic (exact) mass is 243 g/mol. The van der Waals surface area contributed by atoms with Crippen molar-refractivity contribution in [3.63, 3.8) is 0 Å². The summed E-state index contributed by atoms with van der Waals surface area (Å²) >= 11 is 0. The van der Waals surface area contributed by atoms with Gasteiger partial charge in [-0.05, 0) is 0 Å². The first-order valence-electron chi connectivity index (χ1n) is 5.53. The predicted molar refractivity (Wildman–Crippen MR) is 72.4 cm³/mol. The molecule has 17 heavy (non-hydrogen) atoms. The topological polar surface area (TPSA) is 75.4 Å². The van der Waals surface area contributed by atoms with Gasteiger partial charge in [-0.1, -0.05) is 26.8 Å². The lowest BCUT2D eigenvalue weighted by Crippen LogP contribution is -2.43. The highest BCUT2D eigenvalue weighted by molar-refractivity contribution is 5.76. The molecule has 0 aliphatic rings. The molecule has 0 aromatic carbocycles. The molecule has 100 valence electrons. The minimum absolute atomic E-state index is 0.115. The Morgan fingerprint density at radius 3 is 2.12 bits per heavy atom. The Morgan fingerprint density at radius 1 is 1.35 bits per heavy atom. The first kappa shape index (κ1) is 20.6. The second kappa shape index (κ2) is 16.6. The Hall–Kier alpha value is -1.78. The third-order valence-electron chi connectivity index (χ3n) is 1.45. The zero-order valence-electron chi connectivity index (χ0n) is 11.2. The summed E-state index contributed by atoms with van der Waals surface area (Å²) in [5, 5.41) is 2.54. The molecule has 3 N–H and O–H groups in total. The van der Waals surface area contributed by atoms with Gasteiger partial charge in [0.25, 0.3) is 0 Å². The van der Waals surface area contributed by atoms with Crippen molar-refractivity contribution in [3.8, 4) is 0 Å². The Kier molecular flexibility index (Phi) is 20.2. The molecule has 0 aliphatic carbocycles. The van der Waals surface area contributed by atoms with E-state index >= 15 is 0 Å². The first-order valence-corrected chi connectivity index (χ1v) is 5.53. The van der Waals surface area contributed by atoms with Crippen LogP contribution in [0.25, 0.3) is 0 Å². The number of nitrogens with two attached hydrogens (primary N) is 1. The van der Waals surface area contributed by atoms with Crippen molar-refractivity contribution in [2.75, 3.05) is 13.2 Å². The van der Waals surface area contributed by atoms with Gasteiger partial charge in [0, 0.05) is 13.0 Å². The highest BCUT2D eigenvalue weighted by Crippen LogP contribution is 1.86. The maximum absolute atomic E-state index is 10.8. The molecule has 3 amide bonds. The molecule has 5 heteroatoms. The van der Waals surface area contributed by atoms with E-state index in [1.807, 2.05) is 13.8 Å². The molecule has 0 unspecified atom stereocenters. The Morgan fingerprint density at radius 2 is 1.82 bits per heavy atom. The van der Waals surface area contributed by atoms with Crippen molar-refractivity contribution in [1.29, 1.82) is 0 Å². The Balaban J connectivity index is -0.000000439. The fourth-order valence-corrected chi connectivity index (χ4v) is 0.697. The maximum Gasteiger partial charge on any atom is 0.316 e. The highest BCUT2D eigenvalue weighted by atomic mass is 16.2. The number of nitrogens with one attached hydrogen (secondary N) is 1. The second-order valence-corrected chi connectivity index (χ2v) is 2.46. The van der Waals surface area contributed by atoms with Gasteiger partial charge in [0.1, 0.15) is 0 Å². The number of primary amides is 1. The number of carbonyl (C=O) groups excluding carboxylic acids is 2. The quantitative estimate of drug-likeness (QED) is 0.571. The van der Waals surface area contributed by atoms with Gasteiger partial charge in [0.15, 0.2) is 0 Å². The van der Waals surface area contributed by atoms with E-state index in [0.29, 0.717) is 13.0 Å². The van der Waals surface area contributed by atoms with Gasteiger partial charge in [0.05, 0.1) is 6.67 Å². The first-order chi connectivity index (χ1) is 8.11. The second-order valence-electron chi connectivity index (χ2n) is 2.46. The van der Waals surface area contributed by atoms with Gasteiger partial charge in [0.2, 0.25) is 5.91 Å². The molecule has 0 rings (SSSR count). The van der Waals surface area contributed by atoms with Crippen LogP contribution in [0.4, 0.5) is 4.79 Å². The van der Waals surface area contributed by atoms with Gasteiger partial charge in [-0.2, -0.15) is 0 Å². The molecule has 0 aliphatic heterocycles. The molecular formula is C12H25N3O2. The molecule has 0 saturated carbocycles. The van der Waals surface area contributed by atoms with E-state index in [1.165, 1.54) is 4.90 Å². The minimum Gasteiger partial charge on any atom is -0.351 e. The van der Waals surface area contributed by atoms with E-state index in [9.17, 15) is 9.59 Å². The van der Waals surface area contributed by atoms with Crippen molar-refractivity contribution >= 4 is 11.9 Å². The summed E-state index contributed by atoms with van der Waals surface area (Å²) in [6, 6.07) is -0.573. The molecule has 0 fully saturated rings. The normalized spacial score (nSPS) is 7.47. The summed E-state index contributed by atoms with van der Waals surface area (Å²) in [6.07, 6.45) is 1.93. The number of rotatable bonds is 5.